The molecule has 0 unspecified atom stereocenters. The molecule has 0 bridgehead atoms. The van der Waals surface area contributed by atoms with Gasteiger partial charge in [0.15, 0.2) is 0 Å². The molecule has 0 aliphatic rings. The topological polar surface area (TPSA) is 12.0 Å². The predicted octanol–water partition coefficient (Wildman–Crippen LogP) is 4.13. The van der Waals surface area contributed by atoms with Crippen molar-refractivity contribution in [3.8, 4) is 0 Å². The van der Waals surface area contributed by atoms with Crippen LogP contribution in [0.3, 0.4) is 0 Å². The smallest absolute Gasteiger partial charge is 0.00277 e. The number of nitrogens with one attached hydrogen (secondary N) is 1. The molecular weight excluding hydrogens is 194 g/mol. The first-order valence-electron chi connectivity index (χ1n) is 5.61. The van der Waals surface area contributed by atoms with Crippen LogP contribution >= 0.6 is 0 Å². The lowest BCUT2D eigenvalue weighted by atomic mass is 10.0. The van der Waals surface area contributed by atoms with Crippen LogP contribution in [0.1, 0.15) is 27.7 Å². The minimum Gasteiger partial charge on any atom is -0.394 e. The molecule has 0 heterocycles. The zero-order chi connectivity index (χ0) is 12.4. The molecule has 0 aliphatic carbocycles. The van der Waals surface area contributed by atoms with E-state index in [4.69, 9.17) is 0 Å². The van der Waals surface area contributed by atoms with E-state index in [1.54, 1.807) is 0 Å². The lowest BCUT2D eigenvalue weighted by Gasteiger charge is -2.03. The van der Waals surface area contributed by atoms with Crippen LogP contribution < -0.4 is 5.32 Å². The summed E-state index contributed by atoms with van der Waals surface area (Å²) in [5, 5.41) is 2.97. The molecule has 0 radical (unpaired) electrons. The molecule has 16 heavy (non-hydrogen) atoms. The maximum Gasteiger partial charge on any atom is 0.00277 e. The van der Waals surface area contributed by atoms with Crippen LogP contribution in [0, 0.1) is 0 Å². The predicted molar refractivity (Wildman–Crippen MR) is 74.3 cm³/mol. The molecule has 0 aromatic carbocycles. The van der Waals surface area contributed by atoms with Crippen LogP contribution in [0.25, 0.3) is 0 Å². The third kappa shape index (κ3) is 6.07. The van der Waals surface area contributed by atoms with Gasteiger partial charge in [-0.15, -0.1) is 0 Å². The average molecular weight is 217 g/mol. The molecule has 0 saturated heterocycles. The van der Waals surface area contributed by atoms with Crippen molar-refractivity contribution < 1.29 is 0 Å². The molecule has 0 aliphatic heterocycles. The van der Waals surface area contributed by atoms with Crippen LogP contribution in [0.4, 0.5) is 0 Å². The largest absolute Gasteiger partial charge is 0.394 e. The Hall–Kier alpha value is -1.50. The highest BCUT2D eigenvalue weighted by Crippen LogP contribution is 2.14. The molecule has 0 aromatic heterocycles. The fraction of sp³-hybridized carbons (Fsp3) is 0.333. The highest BCUT2D eigenvalue weighted by molar-refractivity contribution is 5.38. The molecule has 88 valence electrons. The molecule has 0 saturated carbocycles. The van der Waals surface area contributed by atoms with Gasteiger partial charge in [-0.2, -0.15) is 0 Å². The van der Waals surface area contributed by atoms with Gasteiger partial charge in [-0.05, 0) is 56.7 Å². The summed E-state index contributed by atoms with van der Waals surface area (Å²) < 4.78 is 0. The normalized spacial score (nSPS) is 15.2. The molecule has 1 nitrogen and oxygen atoms in total. The maximum atomic E-state index is 2.97. The van der Waals surface area contributed by atoms with Crippen LogP contribution in [-0.2, 0) is 0 Å². The van der Waals surface area contributed by atoms with E-state index in [1.165, 1.54) is 16.7 Å². The molecule has 0 rings (SSSR count). The van der Waals surface area contributed by atoms with Crippen molar-refractivity contribution in [1.29, 1.82) is 0 Å². The fourth-order valence-corrected chi connectivity index (χ4v) is 1.16. The van der Waals surface area contributed by atoms with E-state index in [1.807, 2.05) is 38.4 Å². The number of hydrogen-bond acceptors (Lipinski definition) is 1. The van der Waals surface area contributed by atoms with Gasteiger partial charge in [0, 0.05) is 7.05 Å². The molecule has 1 N–H and O–H groups in total. The number of allylic oxidation sites excluding steroid dienone is 9. The quantitative estimate of drug-likeness (QED) is 0.683. The zero-order valence-corrected chi connectivity index (χ0v) is 11.0. The van der Waals surface area contributed by atoms with E-state index >= 15 is 0 Å². The molecule has 0 fully saturated rings. The van der Waals surface area contributed by atoms with Crippen LogP contribution in [-0.4, -0.2) is 7.05 Å². The van der Waals surface area contributed by atoms with E-state index in [0.29, 0.717) is 0 Å². The Kier molecular flexibility index (Phi) is 7.96. The first-order valence-corrected chi connectivity index (χ1v) is 5.61. The van der Waals surface area contributed by atoms with Crippen LogP contribution in [0.5, 0.6) is 0 Å². The highest BCUT2D eigenvalue weighted by Gasteiger charge is 1.94. The van der Waals surface area contributed by atoms with Gasteiger partial charge in [-0.1, -0.05) is 30.4 Å². The second-order valence-electron chi connectivity index (χ2n) is 3.69. The van der Waals surface area contributed by atoms with Crippen LogP contribution in [0.2, 0.25) is 0 Å². The molecular formula is C15H23N. The molecule has 0 aromatic rings. The standard InChI is InChI=1S/C15H23N/c1-6-7-8-10-13(2)15(4)14(3)11-9-12-16-5/h6-12,16H,1-5H3. The summed E-state index contributed by atoms with van der Waals surface area (Å²) in [7, 11) is 1.90. The van der Waals surface area contributed by atoms with E-state index in [0.717, 1.165) is 0 Å². The Morgan fingerprint density at radius 1 is 1.00 bits per heavy atom. The lowest BCUT2D eigenvalue weighted by Crippen LogP contribution is -1.90. The summed E-state index contributed by atoms with van der Waals surface area (Å²) in [6.45, 7) is 8.43. The third-order valence-electron chi connectivity index (χ3n) is 2.44. The Bertz CT molecular complexity index is 338. The Morgan fingerprint density at radius 2 is 1.69 bits per heavy atom. The maximum absolute atomic E-state index is 2.97. The van der Waals surface area contributed by atoms with Crippen molar-refractivity contribution in [3.63, 3.8) is 0 Å². The van der Waals surface area contributed by atoms with Gasteiger partial charge in [0.05, 0.1) is 0 Å². The Labute approximate surface area is 100.0 Å². The van der Waals surface area contributed by atoms with Gasteiger partial charge in [-0.25, -0.2) is 0 Å². The van der Waals surface area contributed by atoms with Gasteiger partial charge in [-0.3, -0.25) is 0 Å². The molecule has 1 heteroatoms. The highest BCUT2D eigenvalue weighted by atomic mass is 14.8. The van der Waals surface area contributed by atoms with Gasteiger partial charge >= 0.3 is 0 Å². The third-order valence-corrected chi connectivity index (χ3v) is 2.44. The number of hydrogen-bond donors (Lipinski definition) is 1. The van der Waals surface area contributed by atoms with Gasteiger partial charge in [0.2, 0.25) is 0 Å². The fourth-order valence-electron chi connectivity index (χ4n) is 1.16. The van der Waals surface area contributed by atoms with Crippen molar-refractivity contribution in [3.05, 3.63) is 59.4 Å². The lowest BCUT2D eigenvalue weighted by molar-refractivity contribution is 1.10. The molecule has 0 atom stereocenters. The van der Waals surface area contributed by atoms with Crippen molar-refractivity contribution in [2.75, 3.05) is 7.05 Å². The van der Waals surface area contributed by atoms with E-state index in [2.05, 4.69) is 44.3 Å². The Balaban J connectivity index is 4.73. The van der Waals surface area contributed by atoms with Gasteiger partial charge in [0.1, 0.15) is 0 Å². The van der Waals surface area contributed by atoms with Crippen molar-refractivity contribution in [1.82, 2.24) is 5.32 Å². The van der Waals surface area contributed by atoms with Gasteiger partial charge < -0.3 is 5.32 Å². The molecule has 0 spiro atoms. The molecule has 0 amide bonds. The van der Waals surface area contributed by atoms with Gasteiger partial charge in [0.25, 0.3) is 0 Å². The Morgan fingerprint density at radius 3 is 2.25 bits per heavy atom. The van der Waals surface area contributed by atoms with E-state index in [9.17, 15) is 0 Å². The number of rotatable bonds is 5. The first kappa shape index (κ1) is 14.5. The minimum absolute atomic E-state index is 1.29. The zero-order valence-electron chi connectivity index (χ0n) is 11.0. The van der Waals surface area contributed by atoms with Crippen molar-refractivity contribution in [2.45, 2.75) is 27.7 Å². The van der Waals surface area contributed by atoms with Crippen molar-refractivity contribution >= 4 is 0 Å². The first-order chi connectivity index (χ1) is 7.63. The minimum atomic E-state index is 1.29. The second kappa shape index (κ2) is 8.78. The van der Waals surface area contributed by atoms with E-state index < -0.39 is 0 Å². The van der Waals surface area contributed by atoms with Crippen LogP contribution in [0.15, 0.2) is 59.4 Å². The van der Waals surface area contributed by atoms with E-state index in [-0.39, 0.29) is 0 Å². The SMILES string of the molecule is CC=CC=CC(C)=C(C)C(C)=CC=CNC. The summed E-state index contributed by atoms with van der Waals surface area (Å²) >= 11 is 0. The summed E-state index contributed by atoms with van der Waals surface area (Å²) in [6, 6.07) is 0. The summed E-state index contributed by atoms with van der Waals surface area (Å²) in [4.78, 5) is 0. The van der Waals surface area contributed by atoms with Crippen molar-refractivity contribution in [2.24, 2.45) is 0 Å². The summed E-state index contributed by atoms with van der Waals surface area (Å²) in [5.74, 6) is 0. The second-order valence-corrected chi connectivity index (χ2v) is 3.69. The average Bonchev–Trinajstić information content (AvgIpc) is 2.28. The summed E-state index contributed by atoms with van der Waals surface area (Å²) in [5.41, 5.74) is 3.90. The summed E-state index contributed by atoms with van der Waals surface area (Å²) in [6.07, 6.45) is 14.3. The monoisotopic (exact) mass is 217 g/mol.